The zero-order valence-electron chi connectivity index (χ0n) is 18.3. The topological polar surface area (TPSA) is 84.7 Å². The lowest BCUT2D eigenvalue weighted by Crippen LogP contribution is -2.54. The maximum Gasteiger partial charge on any atom is 0.271 e. The molecule has 2 heterocycles. The van der Waals surface area contributed by atoms with Gasteiger partial charge in [-0.1, -0.05) is 19.9 Å². The minimum Gasteiger partial charge on any atom is -0.383 e. The van der Waals surface area contributed by atoms with E-state index in [0.717, 1.165) is 5.92 Å². The van der Waals surface area contributed by atoms with Crippen LogP contribution >= 0.6 is 0 Å². The number of amides is 2. The summed E-state index contributed by atoms with van der Waals surface area (Å²) in [5, 5.41) is 5.99. The Morgan fingerprint density at radius 1 is 1.30 bits per heavy atom. The molecule has 0 aromatic carbocycles. The molecule has 2 aromatic rings. The van der Waals surface area contributed by atoms with Crippen LogP contribution in [0.15, 0.2) is 24.4 Å². The highest BCUT2D eigenvalue weighted by molar-refractivity contribution is 5.95. The Morgan fingerprint density at radius 3 is 2.80 bits per heavy atom. The number of carbonyl (C=O) groups is 2. The molecule has 5 rings (SSSR count). The van der Waals surface area contributed by atoms with Gasteiger partial charge >= 0.3 is 0 Å². The Kier molecular flexibility index (Phi) is 5.57. The normalized spacial score (nSPS) is 25.4. The summed E-state index contributed by atoms with van der Waals surface area (Å²) in [7, 11) is 1.59. The van der Waals surface area contributed by atoms with Gasteiger partial charge < -0.3 is 15.4 Å². The third kappa shape index (κ3) is 3.71. The van der Waals surface area contributed by atoms with E-state index in [1.54, 1.807) is 35.9 Å². The smallest absolute Gasteiger partial charge is 0.271 e. The molecule has 0 radical (unpaired) electrons. The SMILES string of the molecule is COCC(C)NC(=O)c1cn2c(C(=O)NC[C@@H]3CC[C@H]4C[C@@H]3C4(C)C)cccc2n1. The van der Waals surface area contributed by atoms with Crippen LogP contribution in [0.4, 0.5) is 0 Å². The van der Waals surface area contributed by atoms with Gasteiger partial charge in [0.1, 0.15) is 17.0 Å². The summed E-state index contributed by atoms with van der Waals surface area (Å²) in [6.45, 7) is 7.73. The van der Waals surface area contributed by atoms with Gasteiger partial charge in [-0.2, -0.15) is 0 Å². The van der Waals surface area contributed by atoms with E-state index >= 15 is 0 Å². The van der Waals surface area contributed by atoms with Crippen molar-refractivity contribution in [2.75, 3.05) is 20.3 Å². The first-order valence-corrected chi connectivity index (χ1v) is 10.9. The highest BCUT2D eigenvalue weighted by atomic mass is 16.5. The van der Waals surface area contributed by atoms with Crippen LogP contribution in [0.5, 0.6) is 0 Å². The van der Waals surface area contributed by atoms with Crippen molar-refractivity contribution in [3.05, 3.63) is 35.8 Å². The molecule has 1 unspecified atom stereocenters. The lowest BCUT2D eigenvalue weighted by atomic mass is 9.45. The molecule has 4 atom stereocenters. The molecule has 3 aliphatic rings. The first-order chi connectivity index (χ1) is 14.3. The van der Waals surface area contributed by atoms with Crippen LogP contribution in [0, 0.1) is 23.2 Å². The quantitative estimate of drug-likeness (QED) is 0.732. The van der Waals surface area contributed by atoms with Crippen LogP contribution in [0.3, 0.4) is 0 Å². The number of nitrogens with zero attached hydrogens (tertiary/aromatic N) is 2. The third-order valence-corrected chi connectivity index (χ3v) is 7.28. The summed E-state index contributed by atoms with van der Waals surface area (Å²) < 4.78 is 6.75. The van der Waals surface area contributed by atoms with E-state index < -0.39 is 0 Å². The highest BCUT2D eigenvalue weighted by Gasteiger charge is 2.53. The Balaban J connectivity index is 1.45. The predicted octanol–water partition coefficient (Wildman–Crippen LogP) is 2.90. The van der Waals surface area contributed by atoms with Crippen molar-refractivity contribution in [3.63, 3.8) is 0 Å². The highest BCUT2D eigenvalue weighted by Crippen LogP contribution is 2.61. The second-order valence-corrected chi connectivity index (χ2v) is 9.50. The van der Waals surface area contributed by atoms with E-state index in [1.807, 2.05) is 6.92 Å². The fourth-order valence-electron chi connectivity index (χ4n) is 5.42. The summed E-state index contributed by atoms with van der Waals surface area (Å²) in [5.74, 6) is 1.69. The van der Waals surface area contributed by atoms with Gasteiger partial charge in [-0.3, -0.25) is 14.0 Å². The molecule has 0 aliphatic heterocycles. The second kappa shape index (κ2) is 8.02. The molecule has 3 saturated carbocycles. The number of carbonyl (C=O) groups excluding carboxylic acids is 2. The monoisotopic (exact) mass is 412 g/mol. The van der Waals surface area contributed by atoms with E-state index in [2.05, 4.69) is 29.5 Å². The van der Waals surface area contributed by atoms with Crippen LogP contribution in [0.25, 0.3) is 5.65 Å². The molecule has 3 fully saturated rings. The van der Waals surface area contributed by atoms with Crippen molar-refractivity contribution >= 4 is 17.5 Å². The molecule has 2 bridgehead atoms. The molecule has 2 N–H and O–H groups in total. The minimum atomic E-state index is -0.279. The number of fused-ring (bicyclic) bond motifs is 3. The Morgan fingerprint density at radius 2 is 2.10 bits per heavy atom. The first kappa shape index (κ1) is 20.8. The van der Waals surface area contributed by atoms with Gasteiger partial charge in [0.2, 0.25) is 0 Å². The van der Waals surface area contributed by atoms with Crippen molar-refractivity contribution in [1.82, 2.24) is 20.0 Å². The molecule has 3 aliphatic carbocycles. The van der Waals surface area contributed by atoms with E-state index in [1.165, 1.54) is 19.3 Å². The Labute approximate surface area is 177 Å². The number of pyridine rings is 1. The molecule has 162 valence electrons. The van der Waals surface area contributed by atoms with Crippen LogP contribution in [-0.4, -0.2) is 47.5 Å². The number of ether oxygens (including phenoxy) is 1. The van der Waals surface area contributed by atoms with Gasteiger partial charge in [0.25, 0.3) is 11.8 Å². The Bertz CT molecular complexity index is 949. The molecular formula is C23H32N4O3. The largest absolute Gasteiger partial charge is 0.383 e. The molecule has 7 heteroatoms. The van der Waals surface area contributed by atoms with E-state index in [-0.39, 0.29) is 23.6 Å². The fourth-order valence-corrected chi connectivity index (χ4v) is 5.42. The molecule has 30 heavy (non-hydrogen) atoms. The van der Waals surface area contributed by atoms with Gasteiger partial charge in [-0.05, 0) is 61.5 Å². The summed E-state index contributed by atoms with van der Waals surface area (Å²) in [6.07, 6.45) is 5.38. The average Bonchev–Trinajstić information content (AvgIpc) is 3.16. The summed E-state index contributed by atoms with van der Waals surface area (Å²) in [4.78, 5) is 29.8. The van der Waals surface area contributed by atoms with Gasteiger partial charge in [-0.25, -0.2) is 4.98 Å². The van der Waals surface area contributed by atoms with Crippen molar-refractivity contribution in [1.29, 1.82) is 0 Å². The van der Waals surface area contributed by atoms with E-state index in [0.29, 0.717) is 41.7 Å². The minimum absolute atomic E-state index is 0.124. The van der Waals surface area contributed by atoms with Gasteiger partial charge in [-0.15, -0.1) is 0 Å². The first-order valence-electron chi connectivity index (χ1n) is 10.9. The lowest BCUT2D eigenvalue weighted by Gasteiger charge is -2.60. The average molecular weight is 413 g/mol. The predicted molar refractivity (Wildman–Crippen MR) is 114 cm³/mol. The fraction of sp³-hybridized carbons (Fsp3) is 0.609. The number of hydrogen-bond donors (Lipinski definition) is 2. The maximum absolute atomic E-state index is 12.9. The maximum atomic E-state index is 12.9. The van der Waals surface area contributed by atoms with Crippen LogP contribution in [-0.2, 0) is 4.74 Å². The van der Waals surface area contributed by atoms with Crippen LogP contribution < -0.4 is 10.6 Å². The number of rotatable bonds is 7. The van der Waals surface area contributed by atoms with Crippen molar-refractivity contribution in [2.45, 2.75) is 46.1 Å². The molecule has 2 amide bonds. The number of aromatic nitrogens is 2. The number of imidazole rings is 1. The number of nitrogens with one attached hydrogen (secondary N) is 2. The zero-order valence-corrected chi connectivity index (χ0v) is 18.3. The summed E-state index contributed by atoms with van der Waals surface area (Å²) in [5.41, 5.74) is 1.76. The van der Waals surface area contributed by atoms with E-state index in [4.69, 9.17) is 4.74 Å². The molecule has 2 aromatic heterocycles. The van der Waals surface area contributed by atoms with E-state index in [9.17, 15) is 9.59 Å². The Hall–Kier alpha value is -2.41. The standard InChI is InChI=1S/C23H32N4O3/c1-14(13-30-4)25-21(28)18-12-27-19(6-5-7-20(27)26-18)22(29)24-11-15-8-9-16-10-17(15)23(16,2)3/h5-7,12,14-17H,8-11,13H2,1-4H3,(H,24,29)(H,25,28)/t14?,15-,16-,17-/m0/s1. The van der Waals surface area contributed by atoms with Gasteiger partial charge in [0.05, 0.1) is 6.61 Å². The van der Waals surface area contributed by atoms with Crippen molar-refractivity contribution in [2.24, 2.45) is 23.2 Å². The van der Waals surface area contributed by atoms with Gasteiger partial charge in [0.15, 0.2) is 0 Å². The van der Waals surface area contributed by atoms with Crippen molar-refractivity contribution < 1.29 is 14.3 Å². The van der Waals surface area contributed by atoms with Crippen molar-refractivity contribution in [3.8, 4) is 0 Å². The van der Waals surface area contributed by atoms with Crippen LogP contribution in [0.2, 0.25) is 0 Å². The molecular weight excluding hydrogens is 380 g/mol. The third-order valence-electron chi connectivity index (χ3n) is 7.28. The molecule has 7 nitrogen and oxygen atoms in total. The zero-order chi connectivity index (χ0) is 21.5. The number of methoxy groups -OCH3 is 1. The summed E-state index contributed by atoms with van der Waals surface area (Å²) >= 11 is 0. The second-order valence-electron chi connectivity index (χ2n) is 9.50. The molecule has 0 saturated heterocycles. The van der Waals surface area contributed by atoms with Crippen LogP contribution in [0.1, 0.15) is 61.0 Å². The number of hydrogen-bond acceptors (Lipinski definition) is 4. The lowest BCUT2D eigenvalue weighted by molar-refractivity contribution is -0.103. The molecule has 0 spiro atoms. The van der Waals surface area contributed by atoms with Gasteiger partial charge in [0, 0.05) is 25.9 Å². The summed E-state index contributed by atoms with van der Waals surface area (Å²) in [6, 6.07) is 5.24.